The third-order valence-corrected chi connectivity index (χ3v) is 3.35. The van der Waals surface area contributed by atoms with E-state index in [4.69, 9.17) is 12.2 Å². The number of ether oxygens (including phenoxy) is 1. The molecule has 1 aliphatic rings. The highest BCUT2D eigenvalue weighted by Gasteiger charge is 2.32. The van der Waals surface area contributed by atoms with E-state index in [1.807, 2.05) is 0 Å². The number of methoxy groups -OCH3 is 1. The summed E-state index contributed by atoms with van der Waals surface area (Å²) in [6, 6.07) is 0. The molecule has 0 aliphatic heterocycles. The first kappa shape index (κ1) is 11.3. The molecular weight excluding hydrogens is 226 g/mol. The molecule has 0 bridgehead atoms. The van der Waals surface area contributed by atoms with Crippen LogP contribution in [0, 0.1) is 10.7 Å². The fraction of sp³-hybridized carbons (Fsp3) is 0.700. The molecule has 1 aromatic heterocycles. The van der Waals surface area contributed by atoms with Crippen LogP contribution in [0.4, 0.5) is 0 Å². The highest BCUT2D eigenvalue weighted by Crippen LogP contribution is 2.41. The SMILES string of the molecule is COC(=O)Cn1c(C(C)C2CC2)n[nH]c1=S. The summed E-state index contributed by atoms with van der Waals surface area (Å²) in [5.41, 5.74) is 0. The van der Waals surface area contributed by atoms with E-state index >= 15 is 0 Å². The van der Waals surface area contributed by atoms with E-state index in [0.717, 1.165) is 5.82 Å². The smallest absolute Gasteiger partial charge is 0.325 e. The summed E-state index contributed by atoms with van der Waals surface area (Å²) in [4.78, 5) is 11.3. The number of carbonyl (C=O) groups excluding carboxylic acids is 1. The Bertz CT molecular complexity index is 447. The van der Waals surface area contributed by atoms with Crippen molar-refractivity contribution < 1.29 is 9.53 Å². The Labute approximate surface area is 98.8 Å². The molecule has 1 aliphatic carbocycles. The topological polar surface area (TPSA) is 59.9 Å². The second kappa shape index (κ2) is 4.37. The standard InChI is InChI=1S/C10H15N3O2S/c1-6(7-3-4-7)9-11-12-10(16)13(9)5-8(14)15-2/h6-7H,3-5H2,1-2H3,(H,12,16). The van der Waals surface area contributed by atoms with Crippen LogP contribution in [-0.4, -0.2) is 27.8 Å². The van der Waals surface area contributed by atoms with Crippen LogP contribution < -0.4 is 0 Å². The van der Waals surface area contributed by atoms with Crippen LogP contribution >= 0.6 is 12.2 Å². The van der Waals surface area contributed by atoms with Gasteiger partial charge in [0.2, 0.25) is 0 Å². The molecule has 1 atom stereocenters. The molecule has 6 heteroatoms. The first-order valence-corrected chi connectivity index (χ1v) is 5.76. The number of H-pyrrole nitrogens is 1. The van der Waals surface area contributed by atoms with Gasteiger partial charge in [-0.3, -0.25) is 14.5 Å². The van der Waals surface area contributed by atoms with E-state index in [9.17, 15) is 4.79 Å². The van der Waals surface area contributed by atoms with Gasteiger partial charge in [0, 0.05) is 5.92 Å². The molecule has 1 fully saturated rings. The highest BCUT2D eigenvalue weighted by atomic mass is 32.1. The zero-order valence-electron chi connectivity index (χ0n) is 9.40. The molecule has 0 spiro atoms. The molecular formula is C10H15N3O2S. The second-order valence-corrected chi connectivity index (χ2v) is 4.56. The summed E-state index contributed by atoms with van der Waals surface area (Å²) in [5, 5.41) is 6.94. The Balaban J connectivity index is 2.24. The zero-order chi connectivity index (χ0) is 11.7. The van der Waals surface area contributed by atoms with Crippen molar-refractivity contribution >= 4 is 18.2 Å². The molecule has 1 unspecified atom stereocenters. The summed E-state index contributed by atoms with van der Waals surface area (Å²) in [6.07, 6.45) is 2.47. The normalized spacial score (nSPS) is 17.1. The quantitative estimate of drug-likeness (QED) is 0.643. The maximum Gasteiger partial charge on any atom is 0.325 e. The largest absolute Gasteiger partial charge is 0.468 e. The van der Waals surface area contributed by atoms with Crippen molar-refractivity contribution in [3.63, 3.8) is 0 Å². The Kier molecular flexibility index (Phi) is 3.09. The van der Waals surface area contributed by atoms with E-state index < -0.39 is 0 Å². The first-order chi connectivity index (χ1) is 7.63. The molecule has 16 heavy (non-hydrogen) atoms. The number of esters is 1. The summed E-state index contributed by atoms with van der Waals surface area (Å²) >= 11 is 5.10. The molecule has 1 aromatic rings. The molecule has 0 amide bonds. The number of rotatable bonds is 4. The van der Waals surface area contributed by atoms with Crippen molar-refractivity contribution in [3.05, 3.63) is 10.6 Å². The molecule has 1 saturated carbocycles. The van der Waals surface area contributed by atoms with Crippen LogP contribution in [0.15, 0.2) is 0 Å². The van der Waals surface area contributed by atoms with Crippen LogP contribution in [0.25, 0.3) is 0 Å². The average molecular weight is 241 g/mol. The van der Waals surface area contributed by atoms with Gasteiger partial charge in [-0.15, -0.1) is 0 Å². The molecule has 0 radical (unpaired) electrons. The minimum atomic E-state index is -0.304. The maximum absolute atomic E-state index is 11.3. The minimum Gasteiger partial charge on any atom is -0.468 e. The van der Waals surface area contributed by atoms with Gasteiger partial charge in [0.05, 0.1) is 7.11 Å². The number of nitrogens with one attached hydrogen (secondary N) is 1. The van der Waals surface area contributed by atoms with E-state index in [2.05, 4.69) is 21.9 Å². The second-order valence-electron chi connectivity index (χ2n) is 4.18. The molecule has 1 N–H and O–H groups in total. The van der Waals surface area contributed by atoms with Crippen molar-refractivity contribution in [2.75, 3.05) is 7.11 Å². The van der Waals surface area contributed by atoms with Crippen molar-refractivity contribution in [3.8, 4) is 0 Å². The van der Waals surface area contributed by atoms with Gasteiger partial charge in [0.15, 0.2) is 4.77 Å². The number of aromatic nitrogens is 3. The molecule has 2 rings (SSSR count). The van der Waals surface area contributed by atoms with Crippen LogP contribution in [0.5, 0.6) is 0 Å². The average Bonchev–Trinajstić information content (AvgIpc) is 3.05. The zero-order valence-corrected chi connectivity index (χ0v) is 10.2. The van der Waals surface area contributed by atoms with Crippen molar-refractivity contribution in [2.24, 2.45) is 5.92 Å². The lowest BCUT2D eigenvalue weighted by molar-refractivity contribution is -0.141. The lowest BCUT2D eigenvalue weighted by atomic mass is 10.1. The minimum absolute atomic E-state index is 0.137. The lowest BCUT2D eigenvalue weighted by Gasteiger charge is -2.10. The Morgan fingerprint density at radius 1 is 1.75 bits per heavy atom. The summed E-state index contributed by atoms with van der Waals surface area (Å²) in [5.74, 6) is 1.58. The molecule has 1 heterocycles. The van der Waals surface area contributed by atoms with Crippen molar-refractivity contribution in [1.82, 2.24) is 14.8 Å². The number of aromatic amines is 1. The number of nitrogens with zero attached hydrogens (tertiary/aromatic N) is 2. The van der Waals surface area contributed by atoms with E-state index in [1.54, 1.807) is 4.57 Å². The number of hydrogen-bond donors (Lipinski definition) is 1. The van der Waals surface area contributed by atoms with E-state index in [-0.39, 0.29) is 12.5 Å². The predicted octanol–water partition coefficient (Wildman–Crippen LogP) is 1.63. The fourth-order valence-corrected chi connectivity index (χ4v) is 2.03. The van der Waals surface area contributed by atoms with Crippen molar-refractivity contribution in [2.45, 2.75) is 32.2 Å². The summed E-state index contributed by atoms with van der Waals surface area (Å²) < 4.78 is 6.85. The van der Waals surface area contributed by atoms with Gasteiger partial charge in [0.25, 0.3) is 0 Å². The van der Waals surface area contributed by atoms with Gasteiger partial charge < -0.3 is 4.74 Å². The van der Waals surface area contributed by atoms with Gasteiger partial charge in [0.1, 0.15) is 12.4 Å². The van der Waals surface area contributed by atoms with E-state index in [1.165, 1.54) is 20.0 Å². The highest BCUT2D eigenvalue weighted by molar-refractivity contribution is 7.71. The number of hydrogen-bond acceptors (Lipinski definition) is 4. The van der Waals surface area contributed by atoms with Crippen LogP contribution in [-0.2, 0) is 16.1 Å². The van der Waals surface area contributed by atoms with Crippen LogP contribution in [0.1, 0.15) is 31.5 Å². The van der Waals surface area contributed by atoms with Gasteiger partial charge in [-0.05, 0) is 31.0 Å². The van der Waals surface area contributed by atoms with Gasteiger partial charge in [-0.25, -0.2) is 0 Å². The molecule has 5 nitrogen and oxygen atoms in total. The molecule has 88 valence electrons. The number of carbonyl (C=O) groups is 1. The van der Waals surface area contributed by atoms with Crippen LogP contribution in [0.2, 0.25) is 0 Å². The first-order valence-electron chi connectivity index (χ1n) is 5.35. The Morgan fingerprint density at radius 2 is 2.44 bits per heavy atom. The summed E-state index contributed by atoms with van der Waals surface area (Å²) in [6.45, 7) is 2.26. The molecule has 0 aromatic carbocycles. The van der Waals surface area contributed by atoms with Gasteiger partial charge >= 0.3 is 5.97 Å². The van der Waals surface area contributed by atoms with Gasteiger partial charge in [-0.2, -0.15) is 5.10 Å². The van der Waals surface area contributed by atoms with Crippen molar-refractivity contribution in [1.29, 1.82) is 0 Å². The Morgan fingerprint density at radius 3 is 3.00 bits per heavy atom. The van der Waals surface area contributed by atoms with E-state index in [0.29, 0.717) is 16.6 Å². The lowest BCUT2D eigenvalue weighted by Crippen LogP contribution is -2.16. The third-order valence-electron chi connectivity index (χ3n) is 3.04. The monoisotopic (exact) mass is 241 g/mol. The predicted molar refractivity (Wildman–Crippen MR) is 60.6 cm³/mol. The maximum atomic E-state index is 11.3. The molecule has 0 saturated heterocycles. The Hall–Kier alpha value is -1.17. The summed E-state index contributed by atoms with van der Waals surface area (Å²) in [7, 11) is 1.37. The van der Waals surface area contributed by atoms with Gasteiger partial charge in [-0.1, -0.05) is 6.92 Å². The fourth-order valence-electron chi connectivity index (χ4n) is 1.83. The van der Waals surface area contributed by atoms with Crippen LogP contribution in [0.3, 0.4) is 0 Å². The third kappa shape index (κ3) is 2.16.